The van der Waals surface area contributed by atoms with Crippen molar-refractivity contribution in [1.82, 2.24) is 0 Å². The number of hydrogen-bond donors (Lipinski definition) is 1. The molecule has 2 unspecified atom stereocenters. The van der Waals surface area contributed by atoms with E-state index in [1.807, 2.05) is 25.2 Å². The molecule has 3 atom stereocenters. The van der Waals surface area contributed by atoms with Crippen molar-refractivity contribution >= 4 is 11.8 Å². The summed E-state index contributed by atoms with van der Waals surface area (Å²) in [6.07, 6.45) is 6.08. The zero-order valence-electron chi connectivity index (χ0n) is 12.1. The molecule has 0 bridgehead atoms. The molecule has 0 spiro atoms. The Hall–Kier alpha value is -1.88. The van der Waals surface area contributed by atoms with Gasteiger partial charge in [-0.1, -0.05) is 6.08 Å². The highest BCUT2D eigenvalue weighted by Crippen LogP contribution is 2.48. The maximum absolute atomic E-state index is 12.7. The van der Waals surface area contributed by atoms with Crippen LogP contribution in [0.3, 0.4) is 0 Å². The first kappa shape index (κ1) is 14.1. The van der Waals surface area contributed by atoms with Gasteiger partial charge >= 0.3 is 5.97 Å². The molecule has 0 saturated carbocycles. The van der Waals surface area contributed by atoms with Gasteiger partial charge in [-0.3, -0.25) is 9.59 Å². The Labute approximate surface area is 122 Å². The molecule has 0 aromatic carbocycles. The lowest BCUT2D eigenvalue weighted by Crippen LogP contribution is -2.48. The number of carbonyl (C=O) groups is 2. The number of Topliss-reactive ketones (excluding diaryl/α,β-unsaturated/α-hetero) is 1. The third kappa shape index (κ3) is 1.95. The lowest BCUT2D eigenvalue weighted by atomic mass is 9.69. The standard InChI is InChI=1S/C16H18O5/c1-3-4-10-5-9-6-13-11(7-17)15(19)21-16(13,2)14(18)12(9)8-20-10/h3-5,11,13,17H,6-8H2,1-2H3/b4-3+/t11?,13?,16-/m1/s1. The normalized spacial score (nSPS) is 35.3. The van der Waals surface area contributed by atoms with Gasteiger partial charge in [-0.15, -0.1) is 0 Å². The van der Waals surface area contributed by atoms with Crippen molar-refractivity contribution in [1.29, 1.82) is 0 Å². The van der Waals surface area contributed by atoms with Gasteiger partial charge in [-0.2, -0.15) is 0 Å². The SMILES string of the molecule is C/C=C/C1=CC2=C(CO1)C(=O)[C@]1(C)OC(=O)C(CO)C1C2. The van der Waals surface area contributed by atoms with E-state index in [9.17, 15) is 14.7 Å². The Morgan fingerprint density at radius 1 is 1.48 bits per heavy atom. The lowest BCUT2D eigenvalue weighted by molar-refractivity contribution is -0.157. The first-order valence-electron chi connectivity index (χ1n) is 7.09. The number of esters is 1. The van der Waals surface area contributed by atoms with Crippen LogP contribution in [0.4, 0.5) is 0 Å². The van der Waals surface area contributed by atoms with Crippen LogP contribution in [0.25, 0.3) is 0 Å². The summed E-state index contributed by atoms with van der Waals surface area (Å²) in [5.74, 6) is -0.930. The van der Waals surface area contributed by atoms with E-state index in [2.05, 4.69) is 0 Å². The van der Waals surface area contributed by atoms with Crippen LogP contribution in [0, 0.1) is 11.8 Å². The van der Waals surface area contributed by atoms with E-state index >= 15 is 0 Å². The zero-order valence-corrected chi connectivity index (χ0v) is 12.1. The summed E-state index contributed by atoms with van der Waals surface area (Å²) in [5, 5.41) is 9.43. The molecule has 3 aliphatic rings. The minimum atomic E-state index is -1.17. The highest BCUT2D eigenvalue weighted by molar-refractivity contribution is 6.07. The van der Waals surface area contributed by atoms with E-state index in [0.29, 0.717) is 17.8 Å². The molecule has 1 aliphatic carbocycles. The van der Waals surface area contributed by atoms with Crippen molar-refractivity contribution in [3.8, 4) is 0 Å². The summed E-state index contributed by atoms with van der Waals surface area (Å²) in [5.41, 5.74) is 0.297. The zero-order chi connectivity index (χ0) is 15.2. The largest absolute Gasteiger partial charge is 0.489 e. The van der Waals surface area contributed by atoms with Gasteiger partial charge in [0.25, 0.3) is 0 Å². The number of ether oxygens (including phenoxy) is 2. The molecule has 112 valence electrons. The average molecular weight is 290 g/mol. The third-order valence-electron chi connectivity index (χ3n) is 4.59. The second-order valence-corrected chi connectivity index (χ2v) is 5.80. The summed E-state index contributed by atoms with van der Waals surface area (Å²) in [6, 6.07) is 0. The summed E-state index contributed by atoms with van der Waals surface area (Å²) in [4.78, 5) is 24.6. The number of allylic oxidation sites excluding steroid dienone is 4. The maximum atomic E-state index is 12.7. The topological polar surface area (TPSA) is 72.8 Å². The van der Waals surface area contributed by atoms with Crippen LogP contribution in [-0.2, 0) is 19.1 Å². The Kier molecular flexibility index (Phi) is 3.24. The van der Waals surface area contributed by atoms with Crippen LogP contribution < -0.4 is 0 Å². The molecule has 0 aromatic heterocycles. The van der Waals surface area contributed by atoms with E-state index < -0.39 is 17.5 Å². The highest BCUT2D eigenvalue weighted by atomic mass is 16.6. The van der Waals surface area contributed by atoms with Crippen LogP contribution >= 0.6 is 0 Å². The minimum Gasteiger partial charge on any atom is -0.489 e. The second kappa shape index (κ2) is 4.84. The number of rotatable bonds is 2. The van der Waals surface area contributed by atoms with E-state index in [0.717, 1.165) is 5.57 Å². The molecule has 21 heavy (non-hydrogen) atoms. The van der Waals surface area contributed by atoms with Crippen molar-refractivity contribution in [3.05, 3.63) is 35.1 Å². The molecular weight excluding hydrogens is 272 g/mol. The van der Waals surface area contributed by atoms with Crippen LogP contribution in [0.2, 0.25) is 0 Å². The van der Waals surface area contributed by atoms with E-state index in [-0.39, 0.29) is 24.9 Å². The Balaban J connectivity index is 2.02. The first-order valence-corrected chi connectivity index (χ1v) is 7.09. The fourth-order valence-corrected chi connectivity index (χ4v) is 3.40. The van der Waals surface area contributed by atoms with Crippen LogP contribution in [0.5, 0.6) is 0 Å². The Bertz CT molecular complexity index is 598. The number of ketones is 1. The summed E-state index contributed by atoms with van der Waals surface area (Å²) in [6.45, 7) is 3.44. The number of aliphatic hydroxyl groups is 1. The molecule has 2 heterocycles. The molecule has 3 rings (SSSR count). The first-order chi connectivity index (χ1) is 10.0. The fourth-order valence-electron chi connectivity index (χ4n) is 3.40. The van der Waals surface area contributed by atoms with Gasteiger partial charge < -0.3 is 14.6 Å². The highest BCUT2D eigenvalue weighted by Gasteiger charge is 2.59. The molecule has 5 heteroatoms. The van der Waals surface area contributed by atoms with Crippen LogP contribution in [0.15, 0.2) is 35.1 Å². The van der Waals surface area contributed by atoms with Gasteiger partial charge in [-0.25, -0.2) is 0 Å². The van der Waals surface area contributed by atoms with E-state index in [4.69, 9.17) is 9.47 Å². The van der Waals surface area contributed by atoms with Crippen LogP contribution in [0.1, 0.15) is 20.3 Å². The lowest BCUT2D eigenvalue weighted by Gasteiger charge is -2.36. The summed E-state index contributed by atoms with van der Waals surface area (Å²) < 4.78 is 10.9. The van der Waals surface area contributed by atoms with Gasteiger partial charge in [0, 0.05) is 11.5 Å². The predicted molar refractivity (Wildman–Crippen MR) is 74.1 cm³/mol. The Morgan fingerprint density at radius 2 is 2.24 bits per heavy atom. The molecule has 1 fully saturated rings. The van der Waals surface area contributed by atoms with Crippen molar-refractivity contribution in [3.63, 3.8) is 0 Å². The Morgan fingerprint density at radius 3 is 2.90 bits per heavy atom. The maximum Gasteiger partial charge on any atom is 0.312 e. The number of carbonyl (C=O) groups excluding carboxylic acids is 2. The third-order valence-corrected chi connectivity index (χ3v) is 4.59. The molecule has 1 N–H and O–H groups in total. The smallest absolute Gasteiger partial charge is 0.312 e. The molecule has 0 radical (unpaired) electrons. The van der Waals surface area contributed by atoms with E-state index in [1.165, 1.54) is 0 Å². The summed E-state index contributed by atoms with van der Waals surface area (Å²) >= 11 is 0. The van der Waals surface area contributed by atoms with Gasteiger partial charge in [0.15, 0.2) is 5.60 Å². The van der Waals surface area contributed by atoms with Gasteiger partial charge in [-0.05, 0) is 38.0 Å². The van der Waals surface area contributed by atoms with Crippen molar-refractivity contribution in [2.24, 2.45) is 11.8 Å². The van der Waals surface area contributed by atoms with Crippen molar-refractivity contribution in [2.75, 3.05) is 13.2 Å². The van der Waals surface area contributed by atoms with Crippen molar-refractivity contribution in [2.45, 2.75) is 25.9 Å². The number of hydrogen-bond acceptors (Lipinski definition) is 5. The number of aliphatic hydroxyl groups excluding tert-OH is 1. The molecule has 5 nitrogen and oxygen atoms in total. The quantitative estimate of drug-likeness (QED) is 0.776. The van der Waals surface area contributed by atoms with Gasteiger partial charge in [0.2, 0.25) is 5.78 Å². The number of fused-ring (bicyclic) bond motifs is 1. The molecule has 0 amide bonds. The van der Waals surface area contributed by atoms with Crippen molar-refractivity contribution < 1.29 is 24.2 Å². The monoisotopic (exact) mass is 290 g/mol. The van der Waals surface area contributed by atoms with E-state index in [1.54, 1.807) is 6.92 Å². The predicted octanol–water partition coefficient (Wildman–Crippen LogP) is 1.29. The molecule has 1 saturated heterocycles. The average Bonchev–Trinajstić information content (AvgIpc) is 2.70. The van der Waals surface area contributed by atoms with Gasteiger partial charge in [0.1, 0.15) is 12.4 Å². The van der Waals surface area contributed by atoms with Gasteiger partial charge in [0.05, 0.1) is 12.5 Å². The fraction of sp³-hybridized carbons (Fsp3) is 0.500. The molecular formula is C16H18O5. The molecule has 0 aromatic rings. The van der Waals surface area contributed by atoms with Crippen LogP contribution in [-0.4, -0.2) is 35.7 Å². The minimum absolute atomic E-state index is 0.200. The summed E-state index contributed by atoms with van der Waals surface area (Å²) in [7, 11) is 0. The molecule has 2 aliphatic heterocycles. The second-order valence-electron chi connectivity index (χ2n) is 5.80.